The number of halogens is 1. The Morgan fingerprint density at radius 2 is 1.88 bits per heavy atom. The van der Waals surface area contributed by atoms with E-state index in [2.05, 4.69) is 30.9 Å². The van der Waals surface area contributed by atoms with Crippen molar-refractivity contribution >= 4 is 26.8 Å². The summed E-state index contributed by atoms with van der Waals surface area (Å²) in [6, 6.07) is 11.7. The Hall–Kier alpha value is -1.81. The second-order valence-electron chi connectivity index (χ2n) is 3.60. The van der Waals surface area contributed by atoms with E-state index in [1.807, 2.05) is 36.4 Å². The number of nitrogens with zero attached hydrogens (tertiary/aromatic N) is 3. The van der Waals surface area contributed by atoms with E-state index in [4.69, 9.17) is 0 Å². The number of hydrogen-bond acceptors (Lipinski definition) is 3. The van der Waals surface area contributed by atoms with Crippen molar-refractivity contribution in [3.8, 4) is 11.4 Å². The van der Waals surface area contributed by atoms with Crippen LogP contribution in [0.25, 0.3) is 22.3 Å². The molecular weight excluding hydrogens is 278 g/mol. The first-order valence-corrected chi connectivity index (χ1v) is 5.95. The van der Waals surface area contributed by atoms with Gasteiger partial charge >= 0.3 is 0 Å². The van der Waals surface area contributed by atoms with Crippen molar-refractivity contribution in [3.63, 3.8) is 0 Å². The molecule has 0 amide bonds. The molecule has 17 heavy (non-hydrogen) atoms. The lowest BCUT2D eigenvalue weighted by molar-refractivity contribution is 1.20. The summed E-state index contributed by atoms with van der Waals surface area (Å²) in [6.07, 6.45) is 3.33. The monoisotopic (exact) mass is 285 g/mol. The van der Waals surface area contributed by atoms with E-state index in [-0.39, 0.29) is 0 Å². The minimum Gasteiger partial charge on any atom is -0.255 e. The van der Waals surface area contributed by atoms with E-state index < -0.39 is 0 Å². The van der Waals surface area contributed by atoms with E-state index in [1.54, 1.807) is 12.5 Å². The SMILES string of the molecule is Brc1ccc2ncnc(-c3ccccn3)c2c1. The minimum atomic E-state index is 0.858. The van der Waals surface area contributed by atoms with E-state index >= 15 is 0 Å². The molecule has 0 spiro atoms. The molecule has 2 aromatic heterocycles. The van der Waals surface area contributed by atoms with Crippen LogP contribution in [0.4, 0.5) is 0 Å². The van der Waals surface area contributed by atoms with E-state index in [1.165, 1.54) is 0 Å². The van der Waals surface area contributed by atoms with E-state index in [9.17, 15) is 0 Å². The van der Waals surface area contributed by atoms with Gasteiger partial charge in [-0.1, -0.05) is 22.0 Å². The van der Waals surface area contributed by atoms with Gasteiger partial charge in [0.2, 0.25) is 0 Å². The average molecular weight is 286 g/mol. The topological polar surface area (TPSA) is 38.7 Å². The zero-order valence-electron chi connectivity index (χ0n) is 8.84. The standard InChI is InChI=1S/C13H8BrN3/c14-9-4-5-11-10(7-9)13(17-8-16-11)12-3-1-2-6-15-12/h1-8H. The number of pyridine rings is 1. The molecule has 1 aromatic carbocycles. The molecule has 4 heteroatoms. The fourth-order valence-electron chi connectivity index (χ4n) is 1.74. The molecule has 0 saturated heterocycles. The molecule has 2 heterocycles. The summed E-state index contributed by atoms with van der Waals surface area (Å²) in [7, 11) is 0. The second kappa shape index (κ2) is 4.22. The highest BCUT2D eigenvalue weighted by Gasteiger charge is 2.07. The van der Waals surface area contributed by atoms with Gasteiger partial charge in [-0.25, -0.2) is 9.97 Å². The highest BCUT2D eigenvalue weighted by Crippen LogP contribution is 2.25. The summed E-state index contributed by atoms with van der Waals surface area (Å²) in [4.78, 5) is 12.9. The Balaban J connectivity index is 2.33. The lowest BCUT2D eigenvalue weighted by Gasteiger charge is -2.04. The van der Waals surface area contributed by atoms with E-state index in [0.717, 1.165) is 26.8 Å². The van der Waals surface area contributed by atoms with Crippen LogP contribution in [0.5, 0.6) is 0 Å². The van der Waals surface area contributed by atoms with Crippen LogP contribution >= 0.6 is 15.9 Å². The van der Waals surface area contributed by atoms with Crippen molar-refractivity contribution in [2.24, 2.45) is 0 Å². The number of benzene rings is 1. The summed E-state index contributed by atoms with van der Waals surface area (Å²) in [5.74, 6) is 0. The zero-order chi connectivity index (χ0) is 11.7. The predicted molar refractivity (Wildman–Crippen MR) is 70.5 cm³/mol. The Kier molecular flexibility index (Phi) is 2.57. The van der Waals surface area contributed by atoms with Crippen LogP contribution in [0.3, 0.4) is 0 Å². The van der Waals surface area contributed by atoms with Gasteiger partial charge in [-0.15, -0.1) is 0 Å². The van der Waals surface area contributed by atoms with Crippen LogP contribution < -0.4 is 0 Å². The fourth-order valence-corrected chi connectivity index (χ4v) is 2.10. The van der Waals surface area contributed by atoms with Gasteiger partial charge in [0.15, 0.2) is 0 Å². The van der Waals surface area contributed by atoms with Gasteiger partial charge in [-0.3, -0.25) is 4.98 Å². The van der Waals surface area contributed by atoms with Gasteiger partial charge in [-0.05, 0) is 30.3 Å². The lowest BCUT2D eigenvalue weighted by Crippen LogP contribution is -1.90. The Bertz CT molecular complexity index is 668. The predicted octanol–water partition coefficient (Wildman–Crippen LogP) is 3.45. The number of aromatic nitrogens is 3. The number of fused-ring (bicyclic) bond motifs is 1. The van der Waals surface area contributed by atoms with Crippen molar-refractivity contribution in [2.75, 3.05) is 0 Å². The van der Waals surface area contributed by atoms with Crippen LogP contribution in [0.1, 0.15) is 0 Å². The Morgan fingerprint density at radius 1 is 0.941 bits per heavy atom. The summed E-state index contributed by atoms with van der Waals surface area (Å²) in [5, 5.41) is 1.00. The van der Waals surface area contributed by atoms with Crippen LogP contribution in [0, 0.1) is 0 Å². The van der Waals surface area contributed by atoms with Crippen molar-refractivity contribution in [2.45, 2.75) is 0 Å². The molecule has 3 nitrogen and oxygen atoms in total. The highest BCUT2D eigenvalue weighted by atomic mass is 79.9. The van der Waals surface area contributed by atoms with Gasteiger partial charge in [-0.2, -0.15) is 0 Å². The molecule has 0 aliphatic carbocycles. The molecule has 0 aliphatic rings. The lowest BCUT2D eigenvalue weighted by atomic mass is 10.1. The highest BCUT2D eigenvalue weighted by molar-refractivity contribution is 9.10. The first kappa shape index (κ1) is 10.4. The van der Waals surface area contributed by atoms with Crippen LogP contribution in [-0.4, -0.2) is 15.0 Å². The summed E-state index contributed by atoms with van der Waals surface area (Å²) < 4.78 is 1.01. The van der Waals surface area contributed by atoms with Crippen molar-refractivity contribution in [1.82, 2.24) is 15.0 Å². The molecule has 0 bridgehead atoms. The van der Waals surface area contributed by atoms with Crippen LogP contribution in [0.2, 0.25) is 0 Å². The van der Waals surface area contributed by atoms with Gasteiger partial charge in [0.1, 0.15) is 6.33 Å². The fraction of sp³-hybridized carbons (Fsp3) is 0. The van der Waals surface area contributed by atoms with Crippen molar-refractivity contribution in [3.05, 3.63) is 53.4 Å². The van der Waals surface area contributed by atoms with Crippen molar-refractivity contribution in [1.29, 1.82) is 0 Å². The molecular formula is C13H8BrN3. The molecule has 0 radical (unpaired) electrons. The summed E-state index contributed by atoms with van der Waals surface area (Å²) in [5.41, 5.74) is 2.64. The summed E-state index contributed by atoms with van der Waals surface area (Å²) >= 11 is 3.46. The maximum Gasteiger partial charge on any atom is 0.116 e. The maximum absolute atomic E-state index is 4.32. The normalized spacial score (nSPS) is 10.6. The molecule has 0 fully saturated rings. The second-order valence-corrected chi connectivity index (χ2v) is 4.51. The average Bonchev–Trinajstić information content (AvgIpc) is 2.39. The van der Waals surface area contributed by atoms with Crippen molar-refractivity contribution < 1.29 is 0 Å². The largest absolute Gasteiger partial charge is 0.255 e. The van der Waals surface area contributed by atoms with Crippen LogP contribution in [0.15, 0.2) is 53.4 Å². The van der Waals surface area contributed by atoms with Gasteiger partial charge in [0, 0.05) is 16.1 Å². The molecule has 0 saturated carbocycles. The first-order valence-electron chi connectivity index (χ1n) is 5.16. The number of rotatable bonds is 1. The molecule has 0 aliphatic heterocycles. The molecule has 3 rings (SSSR count). The third-order valence-corrected chi connectivity index (χ3v) is 3.00. The smallest absolute Gasteiger partial charge is 0.116 e. The molecule has 0 unspecified atom stereocenters. The Morgan fingerprint density at radius 3 is 2.71 bits per heavy atom. The molecule has 3 aromatic rings. The molecule has 0 atom stereocenters. The van der Waals surface area contributed by atoms with Gasteiger partial charge < -0.3 is 0 Å². The van der Waals surface area contributed by atoms with Gasteiger partial charge in [0.05, 0.1) is 16.9 Å². The first-order chi connectivity index (χ1) is 8.34. The Labute approximate surface area is 107 Å². The third-order valence-electron chi connectivity index (χ3n) is 2.50. The molecule has 82 valence electrons. The van der Waals surface area contributed by atoms with E-state index in [0.29, 0.717) is 0 Å². The quantitative estimate of drug-likeness (QED) is 0.687. The number of hydrogen-bond donors (Lipinski definition) is 0. The molecule has 0 N–H and O–H groups in total. The van der Waals surface area contributed by atoms with Gasteiger partial charge in [0.25, 0.3) is 0 Å². The third kappa shape index (κ3) is 1.91. The maximum atomic E-state index is 4.32. The minimum absolute atomic E-state index is 0.858. The van der Waals surface area contributed by atoms with Crippen LogP contribution in [-0.2, 0) is 0 Å². The zero-order valence-corrected chi connectivity index (χ0v) is 10.4. The summed E-state index contributed by atoms with van der Waals surface area (Å²) in [6.45, 7) is 0.